The minimum atomic E-state index is 0.938. The van der Waals surface area contributed by atoms with Gasteiger partial charge in [-0.1, -0.05) is 91.7 Å². The fourth-order valence-corrected chi connectivity index (χ4v) is 6.85. The van der Waals surface area contributed by atoms with E-state index in [-0.39, 0.29) is 0 Å². The monoisotopic (exact) mass is 633 g/mol. The zero-order chi connectivity index (χ0) is 32.4. The summed E-state index contributed by atoms with van der Waals surface area (Å²) in [5.74, 6) is 0. The number of pyridine rings is 1. The lowest BCUT2D eigenvalue weighted by Gasteiger charge is -2.23. The first-order valence-electron chi connectivity index (χ1n) is 17.7. The van der Waals surface area contributed by atoms with Crippen molar-refractivity contribution in [2.24, 2.45) is 0 Å². The fraction of sp³-hybridized carbons (Fsp3) is 0.279. The number of aryl methyl sites for hydroxylation is 2. The van der Waals surface area contributed by atoms with Crippen LogP contribution >= 0.6 is 0 Å². The van der Waals surface area contributed by atoms with Gasteiger partial charge in [-0.2, -0.15) is 0 Å². The molecule has 0 radical (unpaired) electrons. The molecular formula is C43H47N5. The molecule has 0 fully saturated rings. The van der Waals surface area contributed by atoms with Gasteiger partial charge < -0.3 is 19.6 Å². The average molecular weight is 634 g/mol. The van der Waals surface area contributed by atoms with Gasteiger partial charge in [-0.25, -0.2) is 0 Å². The second-order valence-corrected chi connectivity index (χ2v) is 13.1. The molecule has 5 heteroatoms. The maximum Gasteiger partial charge on any atom is 0.0941 e. The second kappa shape index (κ2) is 15.7. The molecule has 0 aliphatic carbocycles. The highest BCUT2D eigenvalue weighted by atomic mass is 15.3. The molecule has 48 heavy (non-hydrogen) atoms. The van der Waals surface area contributed by atoms with Gasteiger partial charge in [0.05, 0.1) is 19.0 Å². The number of hydrogen-bond donors (Lipinski definition) is 0. The van der Waals surface area contributed by atoms with E-state index in [0.29, 0.717) is 0 Å². The van der Waals surface area contributed by atoms with Crippen molar-refractivity contribution in [3.8, 4) is 11.3 Å². The Labute approximate surface area is 286 Å². The van der Waals surface area contributed by atoms with E-state index in [9.17, 15) is 0 Å². The standard InChI is InChI=1S/C43H47N5/c1(4-12-36-18-22-39(23-19-36)43-42-17-9-8-14-38(42)26-27-44-43)2-5-13-37-20-24-41(25-21-37)48-33-31-46(35-48)29-11-10-28-45-30-32-47(34-45)40-15-6-3-7-16-40/h3,6-9,14-27,30-33H,1-2,4-5,10-13,28-29,34-35H2. The molecule has 3 heterocycles. The zero-order valence-electron chi connectivity index (χ0n) is 28.0. The quantitative estimate of drug-likeness (QED) is 0.107. The van der Waals surface area contributed by atoms with E-state index in [1.807, 2.05) is 6.20 Å². The van der Waals surface area contributed by atoms with Crippen LogP contribution in [0.3, 0.4) is 0 Å². The highest BCUT2D eigenvalue weighted by Crippen LogP contribution is 2.27. The average Bonchev–Trinajstić information content (AvgIpc) is 3.83. The molecule has 0 saturated heterocycles. The van der Waals surface area contributed by atoms with Gasteiger partial charge in [-0.3, -0.25) is 4.98 Å². The molecule has 0 bridgehead atoms. The van der Waals surface area contributed by atoms with Crippen LogP contribution in [0.15, 0.2) is 140 Å². The third kappa shape index (κ3) is 8.09. The topological polar surface area (TPSA) is 25.9 Å². The summed E-state index contributed by atoms with van der Waals surface area (Å²) in [6.45, 7) is 4.08. The molecule has 2 aliphatic rings. The van der Waals surface area contributed by atoms with Crippen LogP contribution in [0.4, 0.5) is 11.4 Å². The number of fused-ring (bicyclic) bond motifs is 1. The number of hydrogen-bond acceptors (Lipinski definition) is 5. The number of aromatic nitrogens is 1. The normalized spacial score (nSPS) is 14.2. The summed E-state index contributed by atoms with van der Waals surface area (Å²) in [7, 11) is 0. The van der Waals surface area contributed by atoms with E-state index in [0.717, 1.165) is 45.0 Å². The summed E-state index contributed by atoms with van der Waals surface area (Å²) in [4.78, 5) is 14.2. The predicted octanol–water partition coefficient (Wildman–Crippen LogP) is 9.83. The molecule has 0 unspecified atom stereocenters. The van der Waals surface area contributed by atoms with Crippen LogP contribution in [-0.2, 0) is 12.8 Å². The van der Waals surface area contributed by atoms with Gasteiger partial charge in [0.15, 0.2) is 0 Å². The van der Waals surface area contributed by atoms with E-state index in [1.165, 1.54) is 77.4 Å². The van der Waals surface area contributed by atoms with Crippen molar-refractivity contribution in [1.29, 1.82) is 0 Å². The summed E-state index contributed by atoms with van der Waals surface area (Å²) in [6.07, 6.45) is 20.5. The number of anilines is 2. The lowest BCUT2D eigenvalue weighted by molar-refractivity contribution is 0.354. The molecule has 0 atom stereocenters. The van der Waals surface area contributed by atoms with E-state index >= 15 is 0 Å². The lowest BCUT2D eigenvalue weighted by Crippen LogP contribution is -2.27. The molecule has 0 amide bonds. The van der Waals surface area contributed by atoms with Gasteiger partial charge in [0.25, 0.3) is 0 Å². The van der Waals surface area contributed by atoms with Crippen molar-refractivity contribution in [1.82, 2.24) is 14.8 Å². The van der Waals surface area contributed by atoms with E-state index < -0.39 is 0 Å². The Kier molecular flexibility index (Phi) is 10.3. The third-order valence-electron chi connectivity index (χ3n) is 9.66. The molecule has 5 nitrogen and oxygen atoms in total. The number of unbranched alkanes of at least 4 members (excludes halogenated alkanes) is 4. The maximum atomic E-state index is 4.68. The molecule has 7 rings (SSSR count). The van der Waals surface area contributed by atoms with Crippen LogP contribution in [-0.4, -0.2) is 41.2 Å². The maximum absolute atomic E-state index is 4.68. The Morgan fingerprint density at radius 3 is 1.69 bits per heavy atom. The molecule has 2 aliphatic heterocycles. The second-order valence-electron chi connectivity index (χ2n) is 13.1. The highest BCUT2D eigenvalue weighted by molar-refractivity contribution is 5.94. The molecular weight excluding hydrogens is 587 g/mol. The van der Waals surface area contributed by atoms with Gasteiger partial charge in [-0.05, 0) is 85.4 Å². The lowest BCUT2D eigenvalue weighted by atomic mass is 10.00. The van der Waals surface area contributed by atoms with Crippen LogP contribution < -0.4 is 9.80 Å². The minimum absolute atomic E-state index is 0.938. The first-order valence-corrected chi connectivity index (χ1v) is 17.7. The van der Waals surface area contributed by atoms with Crippen molar-refractivity contribution in [3.05, 3.63) is 151 Å². The molecule has 1 aromatic heterocycles. The first kappa shape index (κ1) is 31.6. The van der Waals surface area contributed by atoms with E-state index in [4.69, 9.17) is 0 Å². The minimum Gasteiger partial charge on any atom is -0.358 e. The number of nitrogens with zero attached hydrogens (tertiary/aromatic N) is 5. The predicted molar refractivity (Wildman–Crippen MR) is 202 cm³/mol. The number of rotatable bonds is 15. The number of benzene rings is 4. The summed E-state index contributed by atoms with van der Waals surface area (Å²) >= 11 is 0. The highest BCUT2D eigenvalue weighted by Gasteiger charge is 2.15. The number of para-hydroxylation sites is 1. The fourth-order valence-electron chi connectivity index (χ4n) is 6.85. The van der Waals surface area contributed by atoms with Gasteiger partial charge in [0.1, 0.15) is 0 Å². The largest absolute Gasteiger partial charge is 0.358 e. The molecule has 0 N–H and O–H groups in total. The molecule has 4 aromatic carbocycles. The van der Waals surface area contributed by atoms with Gasteiger partial charge in [-0.15, -0.1) is 0 Å². The van der Waals surface area contributed by atoms with Gasteiger partial charge >= 0.3 is 0 Å². The Hall–Kier alpha value is -5.03. The summed E-state index contributed by atoms with van der Waals surface area (Å²) in [6, 6.07) is 39.4. The Morgan fingerprint density at radius 2 is 1.04 bits per heavy atom. The van der Waals surface area contributed by atoms with Crippen molar-refractivity contribution < 1.29 is 0 Å². The summed E-state index contributed by atoms with van der Waals surface area (Å²) in [5.41, 5.74) is 7.66. The summed E-state index contributed by atoms with van der Waals surface area (Å²) in [5, 5.41) is 2.45. The third-order valence-corrected chi connectivity index (χ3v) is 9.66. The Bertz CT molecular complexity index is 1790. The molecule has 244 valence electrons. The smallest absolute Gasteiger partial charge is 0.0941 e. The SMILES string of the molecule is C1=CN(c2ccccc2)CN1CCCCN1C=CN(c2ccc(CCCCCCc3ccc(-c4nccc5ccccc45)cc3)cc2)C1. The molecule has 5 aromatic rings. The first-order chi connectivity index (χ1) is 23.8. The van der Waals surface area contributed by atoms with Crippen LogP contribution in [0.2, 0.25) is 0 Å². The van der Waals surface area contributed by atoms with Crippen LogP contribution in [0.5, 0.6) is 0 Å². The van der Waals surface area contributed by atoms with E-state index in [1.54, 1.807) is 0 Å². The van der Waals surface area contributed by atoms with Gasteiger partial charge in [0.2, 0.25) is 0 Å². The van der Waals surface area contributed by atoms with Crippen molar-refractivity contribution in [3.63, 3.8) is 0 Å². The van der Waals surface area contributed by atoms with Crippen LogP contribution in [0, 0.1) is 0 Å². The van der Waals surface area contributed by atoms with Crippen molar-refractivity contribution in [2.45, 2.75) is 51.4 Å². The van der Waals surface area contributed by atoms with Crippen molar-refractivity contribution >= 4 is 22.1 Å². The van der Waals surface area contributed by atoms with Crippen LogP contribution in [0.1, 0.15) is 49.7 Å². The van der Waals surface area contributed by atoms with Crippen molar-refractivity contribution in [2.75, 3.05) is 36.2 Å². The van der Waals surface area contributed by atoms with Gasteiger partial charge in [0, 0.05) is 66.4 Å². The Morgan fingerprint density at radius 1 is 0.479 bits per heavy atom. The zero-order valence-corrected chi connectivity index (χ0v) is 28.0. The Balaban J connectivity index is 0.757. The molecule has 0 saturated carbocycles. The van der Waals surface area contributed by atoms with Crippen LogP contribution in [0.25, 0.3) is 22.0 Å². The summed E-state index contributed by atoms with van der Waals surface area (Å²) < 4.78 is 0. The van der Waals surface area contributed by atoms with E-state index in [2.05, 4.69) is 159 Å². The molecule has 0 spiro atoms.